The quantitative estimate of drug-likeness (QED) is 0.625. The number of aliphatic hydroxyl groups is 2. The molecule has 1 aromatic carbocycles. The Bertz CT molecular complexity index is 397. The van der Waals surface area contributed by atoms with Crippen LogP contribution in [-0.4, -0.2) is 50.8 Å². The average Bonchev–Trinajstić information content (AvgIpc) is 2.45. The Morgan fingerprint density at radius 3 is 2.32 bits per heavy atom. The van der Waals surface area contributed by atoms with Gasteiger partial charge in [0, 0.05) is 18.7 Å². The molecule has 0 bridgehead atoms. The van der Waals surface area contributed by atoms with Gasteiger partial charge in [-0.15, -0.1) is 0 Å². The molecule has 0 radical (unpaired) electrons. The van der Waals surface area contributed by atoms with Crippen molar-refractivity contribution in [3.63, 3.8) is 0 Å². The van der Waals surface area contributed by atoms with Crippen LogP contribution in [-0.2, 0) is 6.54 Å². The normalized spacial score (nSPS) is 12.1. The molecular formula is C13H21NO5. The second kappa shape index (κ2) is 7.83. The lowest BCUT2D eigenvalue weighted by atomic mass is 10.1. The molecule has 19 heavy (non-hydrogen) atoms. The third-order valence-electron chi connectivity index (χ3n) is 2.69. The summed E-state index contributed by atoms with van der Waals surface area (Å²) in [5.74, 6) is 1.72. The first-order valence-corrected chi connectivity index (χ1v) is 5.95. The van der Waals surface area contributed by atoms with E-state index in [1.807, 2.05) is 6.07 Å². The molecule has 1 unspecified atom stereocenters. The fraction of sp³-hybridized carbons (Fsp3) is 0.538. The van der Waals surface area contributed by atoms with Crippen LogP contribution in [0.2, 0.25) is 0 Å². The number of aliphatic hydroxyl groups excluding tert-OH is 2. The number of hydrogen-bond acceptors (Lipinski definition) is 6. The van der Waals surface area contributed by atoms with Gasteiger partial charge in [-0.2, -0.15) is 0 Å². The predicted octanol–water partition coefficient (Wildman–Crippen LogP) is 0.155. The maximum Gasteiger partial charge on any atom is 0.203 e. The van der Waals surface area contributed by atoms with Crippen LogP contribution in [0.3, 0.4) is 0 Å². The van der Waals surface area contributed by atoms with Crippen LogP contribution in [0.4, 0.5) is 0 Å². The number of rotatable bonds is 8. The van der Waals surface area contributed by atoms with Crippen molar-refractivity contribution in [1.29, 1.82) is 0 Å². The maximum absolute atomic E-state index is 9.26. The molecule has 0 aliphatic carbocycles. The lowest BCUT2D eigenvalue weighted by Gasteiger charge is -2.16. The number of methoxy groups -OCH3 is 3. The highest BCUT2D eigenvalue weighted by Gasteiger charge is 2.15. The van der Waals surface area contributed by atoms with Crippen molar-refractivity contribution in [2.75, 3.05) is 34.5 Å². The van der Waals surface area contributed by atoms with Crippen LogP contribution in [0.25, 0.3) is 0 Å². The molecule has 1 atom stereocenters. The summed E-state index contributed by atoms with van der Waals surface area (Å²) in [7, 11) is 4.67. The van der Waals surface area contributed by atoms with Crippen LogP contribution in [0.1, 0.15) is 5.56 Å². The van der Waals surface area contributed by atoms with Gasteiger partial charge in [-0.3, -0.25) is 0 Å². The molecule has 0 fully saturated rings. The van der Waals surface area contributed by atoms with E-state index in [-0.39, 0.29) is 6.61 Å². The molecular weight excluding hydrogens is 250 g/mol. The Morgan fingerprint density at radius 1 is 1.11 bits per heavy atom. The highest BCUT2D eigenvalue weighted by molar-refractivity contribution is 5.55. The molecule has 0 saturated heterocycles. The molecule has 0 heterocycles. The highest BCUT2D eigenvalue weighted by atomic mass is 16.5. The predicted molar refractivity (Wildman–Crippen MR) is 70.9 cm³/mol. The summed E-state index contributed by atoms with van der Waals surface area (Å²) in [6.07, 6.45) is -0.772. The molecule has 0 aromatic heterocycles. The Balaban J connectivity index is 2.83. The summed E-state index contributed by atoms with van der Waals surface area (Å²) < 4.78 is 15.8. The summed E-state index contributed by atoms with van der Waals surface area (Å²) in [5, 5.41) is 21.0. The Hall–Kier alpha value is -1.50. The summed E-state index contributed by atoms with van der Waals surface area (Å²) >= 11 is 0. The average molecular weight is 271 g/mol. The number of benzene rings is 1. The van der Waals surface area contributed by atoms with Gasteiger partial charge >= 0.3 is 0 Å². The van der Waals surface area contributed by atoms with Crippen molar-refractivity contribution >= 4 is 0 Å². The van der Waals surface area contributed by atoms with Gasteiger partial charge in [0.1, 0.15) is 0 Å². The zero-order valence-corrected chi connectivity index (χ0v) is 11.5. The van der Waals surface area contributed by atoms with Gasteiger partial charge in [-0.1, -0.05) is 6.07 Å². The SMILES string of the molecule is COc1ccc(CNCC(O)CO)c(OC)c1OC. The van der Waals surface area contributed by atoms with Crippen molar-refractivity contribution < 1.29 is 24.4 Å². The van der Waals surface area contributed by atoms with Crippen LogP contribution in [0.5, 0.6) is 17.2 Å². The Morgan fingerprint density at radius 2 is 1.79 bits per heavy atom. The first kappa shape index (κ1) is 15.6. The molecule has 0 aliphatic heterocycles. The molecule has 1 rings (SSSR count). The van der Waals surface area contributed by atoms with Crippen LogP contribution in [0, 0.1) is 0 Å². The molecule has 6 nitrogen and oxygen atoms in total. The summed E-state index contributed by atoms with van der Waals surface area (Å²) in [4.78, 5) is 0. The van der Waals surface area contributed by atoms with E-state index in [0.717, 1.165) is 5.56 Å². The highest BCUT2D eigenvalue weighted by Crippen LogP contribution is 2.39. The molecule has 0 aliphatic rings. The minimum Gasteiger partial charge on any atom is -0.493 e. The van der Waals surface area contributed by atoms with E-state index >= 15 is 0 Å². The number of hydrogen-bond donors (Lipinski definition) is 3. The smallest absolute Gasteiger partial charge is 0.203 e. The molecule has 0 spiro atoms. The van der Waals surface area contributed by atoms with E-state index in [0.29, 0.717) is 30.3 Å². The van der Waals surface area contributed by atoms with Gasteiger partial charge in [0.25, 0.3) is 0 Å². The summed E-state index contributed by atoms with van der Waals surface area (Å²) in [5.41, 5.74) is 0.880. The topological polar surface area (TPSA) is 80.2 Å². The fourth-order valence-corrected chi connectivity index (χ4v) is 1.74. The lowest BCUT2D eigenvalue weighted by molar-refractivity contribution is 0.0941. The zero-order valence-electron chi connectivity index (χ0n) is 11.5. The van der Waals surface area contributed by atoms with Crippen molar-refractivity contribution in [2.45, 2.75) is 12.6 Å². The van der Waals surface area contributed by atoms with E-state index in [2.05, 4.69) is 5.32 Å². The molecule has 108 valence electrons. The largest absolute Gasteiger partial charge is 0.493 e. The molecule has 6 heteroatoms. The maximum atomic E-state index is 9.26. The summed E-state index contributed by atoms with van der Waals surface area (Å²) in [6, 6.07) is 3.65. The van der Waals surface area contributed by atoms with Crippen molar-refractivity contribution in [1.82, 2.24) is 5.32 Å². The van der Waals surface area contributed by atoms with Crippen LogP contribution in [0.15, 0.2) is 12.1 Å². The van der Waals surface area contributed by atoms with Gasteiger partial charge < -0.3 is 29.7 Å². The second-order valence-electron chi connectivity index (χ2n) is 3.96. The minimum atomic E-state index is -0.772. The van der Waals surface area contributed by atoms with E-state index < -0.39 is 6.10 Å². The molecule has 1 aromatic rings. The van der Waals surface area contributed by atoms with Gasteiger partial charge in [0.15, 0.2) is 11.5 Å². The second-order valence-corrected chi connectivity index (χ2v) is 3.96. The number of ether oxygens (including phenoxy) is 3. The van der Waals surface area contributed by atoms with E-state index in [9.17, 15) is 5.11 Å². The van der Waals surface area contributed by atoms with Crippen molar-refractivity contribution in [3.05, 3.63) is 17.7 Å². The molecule has 0 amide bonds. The van der Waals surface area contributed by atoms with Crippen molar-refractivity contribution in [2.24, 2.45) is 0 Å². The van der Waals surface area contributed by atoms with Gasteiger partial charge in [-0.25, -0.2) is 0 Å². The monoisotopic (exact) mass is 271 g/mol. The fourth-order valence-electron chi connectivity index (χ4n) is 1.74. The third-order valence-corrected chi connectivity index (χ3v) is 2.69. The zero-order chi connectivity index (χ0) is 14.3. The minimum absolute atomic E-state index is 0.268. The van der Waals surface area contributed by atoms with Gasteiger partial charge in [0.05, 0.1) is 34.0 Å². The Kier molecular flexibility index (Phi) is 6.41. The molecule has 3 N–H and O–H groups in total. The Labute approximate surface area is 112 Å². The number of nitrogens with one attached hydrogen (secondary N) is 1. The lowest BCUT2D eigenvalue weighted by Crippen LogP contribution is -2.29. The van der Waals surface area contributed by atoms with E-state index in [4.69, 9.17) is 19.3 Å². The van der Waals surface area contributed by atoms with Crippen LogP contribution < -0.4 is 19.5 Å². The van der Waals surface area contributed by atoms with E-state index in [1.165, 1.54) is 0 Å². The van der Waals surface area contributed by atoms with Crippen LogP contribution >= 0.6 is 0 Å². The third kappa shape index (κ3) is 3.99. The first-order chi connectivity index (χ1) is 9.17. The molecule has 0 saturated carbocycles. The first-order valence-electron chi connectivity index (χ1n) is 5.95. The van der Waals surface area contributed by atoms with Gasteiger partial charge in [-0.05, 0) is 6.07 Å². The standard InChI is InChI=1S/C13H21NO5/c1-17-11-5-4-9(6-14-7-10(16)8-15)12(18-2)13(11)19-3/h4-5,10,14-16H,6-8H2,1-3H3. The van der Waals surface area contributed by atoms with Crippen molar-refractivity contribution in [3.8, 4) is 17.2 Å². The van der Waals surface area contributed by atoms with Gasteiger partial charge in [0.2, 0.25) is 5.75 Å². The van der Waals surface area contributed by atoms with E-state index in [1.54, 1.807) is 27.4 Å². The summed E-state index contributed by atoms with van der Waals surface area (Å²) in [6.45, 7) is 0.519.